The number of aromatic nitrogens is 3. The van der Waals surface area contributed by atoms with E-state index < -0.39 is 12.6 Å². The van der Waals surface area contributed by atoms with Crippen LogP contribution in [-0.2, 0) is 9.63 Å². The van der Waals surface area contributed by atoms with E-state index in [0.717, 1.165) is 0 Å². The van der Waals surface area contributed by atoms with Crippen molar-refractivity contribution in [3.8, 4) is 23.5 Å². The molecular weight excluding hydrogens is 332 g/mol. The van der Waals surface area contributed by atoms with Crippen molar-refractivity contribution < 1.29 is 28.9 Å². The molecule has 0 fully saturated rings. The molecule has 0 saturated heterocycles. The molecule has 2 aromatic rings. The number of carbonyl (C=O) groups is 1. The maximum Gasteiger partial charge on any atom is 0.344 e. The van der Waals surface area contributed by atoms with Crippen molar-refractivity contribution in [3.63, 3.8) is 0 Å². The number of rotatable bonds is 8. The van der Waals surface area contributed by atoms with Gasteiger partial charge in [0.1, 0.15) is 5.69 Å². The summed E-state index contributed by atoms with van der Waals surface area (Å²) in [5, 5.41) is 12.1. The molecule has 2 rings (SSSR count). The zero-order valence-corrected chi connectivity index (χ0v) is 13.8. The molecular formula is C15H16N4O6. The molecule has 0 radical (unpaired) electrons. The molecule has 1 N–H and O–H groups in total. The van der Waals surface area contributed by atoms with Crippen molar-refractivity contribution in [1.82, 2.24) is 15.0 Å². The van der Waals surface area contributed by atoms with Crippen LogP contribution in [0.15, 0.2) is 23.4 Å². The Morgan fingerprint density at radius 3 is 2.48 bits per heavy atom. The maximum absolute atomic E-state index is 10.4. The van der Waals surface area contributed by atoms with E-state index in [-0.39, 0.29) is 17.8 Å². The van der Waals surface area contributed by atoms with Crippen LogP contribution in [0.25, 0.3) is 0 Å². The molecule has 0 atom stereocenters. The molecule has 2 aromatic heterocycles. The Kier molecular flexibility index (Phi) is 6.04. The Hall–Kier alpha value is -3.43. The van der Waals surface area contributed by atoms with Gasteiger partial charge in [0.15, 0.2) is 5.75 Å². The third-order valence-electron chi connectivity index (χ3n) is 2.74. The zero-order chi connectivity index (χ0) is 18.2. The molecule has 25 heavy (non-hydrogen) atoms. The van der Waals surface area contributed by atoms with Crippen molar-refractivity contribution >= 4 is 12.2 Å². The van der Waals surface area contributed by atoms with Gasteiger partial charge < -0.3 is 24.2 Å². The third kappa shape index (κ3) is 5.30. The highest BCUT2D eigenvalue weighted by molar-refractivity contribution is 5.80. The number of aliphatic carboxylic acids is 1. The minimum Gasteiger partial charge on any atom is -0.481 e. The summed E-state index contributed by atoms with van der Waals surface area (Å²) in [7, 11) is 2.91. The van der Waals surface area contributed by atoms with Crippen LogP contribution in [0.5, 0.6) is 23.5 Å². The monoisotopic (exact) mass is 348 g/mol. The average molecular weight is 348 g/mol. The summed E-state index contributed by atoms with van der Waals surface area (Å²) >= 11 is 0. The van der Waals surface area contributed by atoms with Crippen LogP contribution in [0.4, 0.5) is 0 Å². The minimum atomic E-state index is -1.14. The highest BCUT2D eigenvalue weighted by atomic mass is 16.6. The normalized spacial score (nSPS) is 10.5. The van der Waals surface area contributed by atoms with Crippen molar-refractivity contribution in [2.45, 2.75) is 6.92 Å². The molecule has 10 heteroatoms. The van der Waals surface area contributed by atoms with Gasteiger partial charge in [0.05, 0.1) is 26.5 Å². The van der Waals surface area contributed by atoms with Crippen molar-refractivity contribution in [2.24, 2.45) is 5.16 Å². The van der Waals surface area contributed by atoms with Gasteiger partial charge in [-0.15, -0.1) is 0 Å². The lowest BCUT2D eigenvalue weighted by molar-refractivity contribution is -0.142. The van der Waals surface area contributed by atoms with Crippen molar-refractivity contribution in [1.29, 1.82) is 0 Å². The minimum absolute atomic E-state index is 0.0112. The van der Waals surface area contributed by atoms with E-state index >= 15 is 0 Å². The molecule has 0 aliphatic rings. The molecule has 0 unspecified atom stereocenters. The number of aryl methyl sites for hydroxylation is 1. The SMILES string of the molecule is COc1cc(OC)nc(Oc2ccc(C)nc2/C=N/OCC(=O)O)n1. The summed E-state index contributed by atoms with van der Waals surface area (Å²) in [5.74, 6) is -0.310. The van der Waals surface area contributed by atoms with Gasteiger partial charge in [-0.05, 0) is 19.1 Å². The number of oxime groups is 1. The highest BCUT2D eigenvalue weighted by Gasteiger charge is 2.11. The van der Waals surface area contributed by atoms with E-state index in [0.29, 0.717) is 17.1 Å². The summed E-state index contributed by atoms with van der Waals surface area (Å²) in [6, 6.07) is 4.86. The van der Waals surface area contributed by atoms with E-state index in [1.165, 1.54) is 26.5 Å². The quantitative estimate of drug-likeness (QED) is 0.557. The van der Waals surface area contributed by atoms with Gasteiger partial charge in [-0.2, -0.15) is 9.97 Å². The maximum atomic E-state index is 10.4. The van der Waals surface area contributed by atoms with E-state index in [9.17, 15) is 4.79 Å². The molecule has 0 aliphatic carbocycles. The summed E-state index contributed by atoms with van der Waals surface area (Å²) in [4.78, 5) is 27.4. The van der Waals surface area contributed by atoms with Crippen molar-refractivity contribution in [3.05, 3.63) is 29.6 Å². The summed E-state index contributed by atoms with van der Waals surface area (Å²) in [5.41, 5.74) is 1.02. The number of carboxylic acids is 1. The lowest BCUT2D eigenvalue weighted by Crippen LogP contribution is -2.04. The van der Waals surface area contributed by atoms with Crippen molar-refractivity contribution in [2.75, 3.05) is 20.8 Å². The number of hydrogen-bond donors (Lipinski definition) is 1. The van der Waals surface area contributed by atoms with Gasteiger partial charge in [0.25, 0.3) is 0 Å². The molecule has 2 heterocycles. The molecule has 0 aliphatic heterocycles. The summed E-state index contributed by atoms with van der Waals surface area (Å²) in [6.07, 6.45) is 1.24. The average Bonchev–Trinajstić information content (AvgIpc) is 2.60. The highest BCUT2D eigenvalue weighted by Crippen LogP contribution is 2.25. The Labute approximate surface area is 143 Å². The van der Waals surface area contributed by atoms with Gasteiger partial charge in [0.2, 0.25) is 18.4 Å². The van der Waals surface area contributed by atoms with Crippen LogP contribution >= 0.6 is 0 Å². The van der Waals surface area contributed by atoms with Gasteiger partial charge in [-0.25, -0.2) is 9.78 Å². The van der Waals surface area contributed by atoms with Gasteiger partial charge in [0, 0.05) is 5.69 Å². The molecule has 0 spiro atoms. The molecule has 132 valence electrons. The van der Waals surface area contributed by atoms with E-state index in [4.69, 9.17) is 19.3 Å². The molecule has 0 amide bonds. The molecule has 0 aromatic carbocycles. The molecule has 10 nitrogen and oxygen atoms in total. The topological polar surface area (TPSA) is 125 Å². The lowest BCUT2D eigenvalue weighted by atomic mass is 10.3. The van der Waals surface area contributed by atoms with E-state index in [1.54, 1.807) is 19.1 Å². The number of hydrogen-bond acceptors (Lipinski definition) is 9. The first-order chi connectivity index (χ1) is 12.0. The number of ether oxygens (including phenoxy) is 3. The number of nitrogens with zero attached hydrogens (tertiary/aromatic N) is 4. The van der Waals surface area contributed by atoms with Crippen LogP contribution in [0.3, 0.4) is 0 Å². The zero-order valence-electron chi connectivity index (χ0n) is 13.8. The first-order valence-electron chi connectivity index (χ1n) is 7.01. The number of pyridine rings is 1. The number of methoxy groups -OCH3 is 2. The van der Waals surface area contributed by atoms with Gasteiger partial charge >= 0.3 is 12.0 Å². The second kappa shape index (κ2) is 8.43. The predicted octanol–water partition coefficient (Wildman–Crippen LogP) is 1.42. The Bertz CT molecular complexity index is 758. The van der Waals surface area contributed by atoms with Crippen LogP contribution < -0.4 is 14.2 Å². The van der Waals surface area contributed by atoms with Gasteiger partial charge in [-0.1, -0.05) is 5.16 Å². The fourth-order valence-corrected chi connectivity index (χ4v) is 1.66. The fourth-order valence-electron chi connectivity index (χ4n) is 1.66. The largest absolute Gasteiger partial charge is 0.481 e. The first kappa shape index (κ1) is 17.9. The second-order valence-corrected chi connectivity index (χ2v) is 4.57. The fraction of sp³-hybridized carbons (Fsp3) is 0.267. The van der Waals surface area contributed by atoms with E-state index in [1.807, 2.05) is 0 Å². The Morgan fingerprint density at radius 1 is 1.20 bits per heavy atom. The van der Waals surface area contributed by atoms with Crippen LogP contribution in [0, 0.1) is 6.92 Å². The lowest BCUT2D eigenvalue weighted by Gasteiger charge is -2.09. The first-order valence-corrected chi connectivity index (χ1v) is 7.01. The van der Waals surface area contributed by atoms with E-state index in [2.05, 4.69) is 24.9 Å². The number of carboxylic acid groups (broad SMARTS) is 1. The Morgan fingerprint density at radius 2 is 1.88 bits per heavy atom. The second-order valence-electron chi connectivity index (χ2n) is 4.57. The molecule has 0 bridgehead atoms. The van der Waals surface area contributed by atoms with Crippen LogP contribution in [0.1, 0.15) is 11.4 Å². The van der Waals surface area contributed by atoms with Gasteiger partial charge in [-0.3, -0.25) is 0 Å². The summed E-state index contributed by atoms with van der Waals surface area (Å²) in [6.45, 7) is 1.22. The summed E-state index contributed by atoms with van der Waals surface area (Å²) < 4.78 is 15.7. The van der Waals surface area contributed by atoms with Crippen LogP contribution in [0.2, 0.25) is 0 Å². The Balaban J connectivity index is 2.25. The predicted molar refractivity (Wildman–Crippen MR) is 85.4 cm³/mol. The molecule has 0 saturated carbocycles. The van der Waals surface area contributed by atoms with Crippen LogP contribution in [-0.4, -0.2) is 53.1 Å². The smallest absolute Gasteiger partial charge is 0.344 e. The third-order valence-corrected chi connectivity index (χ3v) is 2.74. The standard InChI is InChI=1S/C15H16N4O6/c1-9-4-5-11(10(17-9)7-16-24-8-14(20)21)25-15-18-12(22-2)6-13(19-15)23-3/h4-7H,8H2,1-3H3,(H,20,21)/b16-7+.